The van der Waals surface area contributed by atoms with Gasteiger partial charge >= 0.3 is 5.97 Å². The molecule has 1 rings (SSSR count). The van der Waals surface area contributed by atoms with E-state index < -0.39 is 18.2 Å². The van der Waals surface area contributed by atoms with Gasteiger partial charge in [-0.25, -0.2) is 9.18 Å². The molecule has 4 nitrogen and oxygen atoms in total. The minimum atomic E-state index is -1.91. The van der Waals surface area contributed by atoms with Crippen LogP contribution < -0.4 is 5.73 Å². The Hall–Kier alpha value is -1.33. The van der Waals surface area contributed by atoms with Crippen LogP contribution in [-0.2, 0) is 9.53 Å². The Morgan fingerprint density at radius 1 is 1.42 bits per heavy atom. The molecule has 0 bridgehead atoms. The lowest BCUT2D eigenvalue weighted by atomic mass is 9.93. The molecule has 0 aliphatic rings. The first-order chi connectivity index (χ1) is 8.38. The van der Waals surface area contributed by atoms with Gasteiger partial charge in [-0.3, -0.25) is 0 Å². The largest absolute Gasteiger partial charge is 0.508 e. The second kappa shape index (κ2) is 7.31. The van der Waals surface area contributed by atoms with Crippen molar-refractivity contribution in [3.8, 4) is 5.75 Å². The Bertz CT molecular complexity index is 431. The SMILES string of the molecule is CCOC(=O)C(F)[C@@H](N)c1c(C)cc(O)cc1C.Cl. The number of phenolic OH excluding ortho intramolecular Hbond substituents is 1. The summed E-state index contributed by atoms with van der Waals surface area (Å²) in [5.41, 5.74) is 7.58. The van der Waals surface area contributed by atoms with E-state index in [-0.39, 0.29) is 24.8 Å². The van der Waals surface area contributed by atoms with E-state index in [9.17, 15) is 14.3 Å². The number of benzene rings is 1. The lowest BCUT2D eigenvalue weighted by molar-refractivity contribution is -0.149. The number of nitrogens with two attached hydrogens (primary N) is 1. The zero-order valence-corrected chi connectivity index (χ0v) is 12.0. The van der Waals surface area contributed by atoms with Crippen molar-refractivity contribution in [3.05, 3.63) is 28.8 Å². The summed E-state index contributed by atoms with van der Waals surface area (Å²) in [6, 6.07) is 1.88. The number of aryl methyl sites for hydroxylation is 2. The van der Waals surface area contributed by atoms with E-state index >= 15 is 0 Å². The molecule has 6 heteroatoms. The fourth-order valence-corrected chi connectivity index (χ4v) is 1.99. The lowest BCUT2D eigenvalue weighted by Crippen LogP contribution is -2.32. The van der Waals surface area contributed by atoms with Gasteiger partial charge in [0.15, 0.2) is 0 Å². The number of carbonyl (C=O) groups is 1. The number of phenols is 1. The van der Waals surface area contributed by atoms with E-state index in [4.69, 9.17) is 5.73 Å². The predicted molar refractivity (Wildman–Crippen MR) is 73.3 cm³/mol. The molecular weight excluding hydrogens is 273 g/mol. The molecule has 0 saturated heterocycles. The third-order valence-electron chi connectivity index (χ3n) is 2.74. The number of rotatable bonds is 4. The van der Waals surface area contributed by atoms with Gasteiger partial charge in [0, 0.05) is 0 Å². The lowest BCUT2D eigenvalue weighted by Gasteiger charge is -2.20. The molecule has 1 aromatic rings. The molecule has 19 heavy (non-hydrogen) atoms. The third-order valence-corrected chi connectivity index (χ3v) is 2.74. The molecule has 108 valence electrons. The second-order valence-corrected chi connectivity index (χ2v) is 4.17. The second-order valence-electron chi connectivity index (χ2n) is 4.17. The molecule has 0 heterocycles. The molecule has 2 atom stereocenters. The Morgan fingerprint density at radius 2 is 1.89 bits per heavy atom. The molecule has 3 N–H and O–H groups in total. The van der Waals surface area contributed by atoms with Crippen LogP contribution in [0.1, 0.15) is 29.7 Å². The Labute approximate surface area is 118 Å². The van der Waals surface area contributed by atoms with Crippen molar-refractivity contribution in [1.82, 2.24) is 0 Å². The topological polar surface area (TPSA) is 72.5 Å². The average molecular weight is 292 g/mol. The smallest absolute Gasteiger partial charge is 0.342 e. The van der Waals surface area contributed by atoms with Gasteiger partial charge in [-0.2, -0.15) is 0 Å². The van der Waals surface area contributed by atoms with Gasteiger partial charge in [0.1, 0.15) is 5.75 Å². The van der Waals surface area contributed by atoms with E-state index in [2.05, 4.69) is 4.74 Å². The quantitative estimate of drug-likeness (QED) is 0.835. The van der Waals surface area contributed by atoms with Crippen LogP contribution in [-0.4, -0.2) is 23.9 Å². The van der Waals surface area contributed by atoms with Crippen molar-refractivity contribution >= 4 is 18.4 Å². The molecule has 0 aromatic heterocycles. The molecule has 0 aliphatic heterocycles. The maximum atomic E-state index is 13.9. The number of hydrogen-bond donors (Lipinski definition) is 2. The molecule has 0 fully saturated rings. The van der Waals surface area contributed by atoms with Crippen molar-refractivity contribution in [1.29, 1.82) is 0 Å². The zero-order chi connectivity index (χ0) is 13.9. The van der Waals surface area contributed by atoms with Crippen molar-refractivity contribution in [3.63, 3.8) is 0 Å². The summed E-state index contributed by atoms with van der Waals surface area (Å²) < 4.78 is 18.5. The number of esters is 1. The predicted octanol–water partition coefficient (Wildman–Crippen LogP) is 2.33. The Kier molecular flexibility index (Phi) is 6.79. The third kappa shape index (κ3) is 4.08. The summed E-state index contributed by atoms with van der Waals surface area (Å²) in [4.78, 5) is 11.3. The first kappa shape index (κ1) is 17.7. The number of alkyl halides is 1. The summed E-state index contributed by atoms with van der Waals surface area (Å²) in [6.07, 6.45) is -1.91. The van der Waals surface area contributed by atoms with Gasteiger partial charge in [-0.05, 0) is 49.6 Å². The van der Waals surface area contributed by atoms with E-state index in [1.54, 1.807) is 20.8 Å². The number of halogens is 2. The van der Waals surface area contributed by atoms with Crippen LogP contribution in [0.4, 0.5) is 4.39 Å². The highest BCUT2D eigenvalue weighted by Crippen LogP contribution is 2.28. The zero-order valence-electron chi connectivity index (χ0n) is 11.1. The van der Waals surface area contributed by atoms with Crippen molar-refractivity contribution in [2.75, 3.05) is 6.61 Å². The van der Waals surface area contributed by atoms with Crippen LogP contribution in [0.15, 0.2) is 12.1 Å². The fourth-order valence-electron chi connectivity index (χ4n) is 1.99. The fraction of sp³-hybridized carbons (Fsp3) is 0.462. The van der Waals surface area contributed by atoms with Gasteiger partial charge in [0.25, 0.3) is 0 Å². The van der Waals surface area contributed by atoms with Crippen LogP contribution in [0.5, 0.6) is 5.75 Å². The Balaban J connectivity index is 0.00000324. The standard InChI is InChI=1S/C13H18FNO3.ClH/c1-4-18-13(17)11(14)12(15)10-7(2)5-9(16)6-8(10)3;/h5-6,11-12,16H,4,15H2,1-3H3;1H/t11?,12-;/m0./s1. The van der Waals surface area contributed by atoms with Crippen LogP contribution in [0.3, 0.4) is 0 Å². The van der Waals surface area contributed by atoms with Crippen molar-refractivity contribution in [2.24, 2.45) is 5.73 Å². The number of ether oxygens (including phenoxy) is 1. The van der Waals surface area contributed by atoms with Crippen LogP contribution >= 0.6 is 12.4 Å². The van der Waals surface area contributed by atoms with Crippen LogP contribution in [0, 0.1) is 13.8 Å². The van der Waals surface area contributed by atoms with Crippen LogP contribution in [0.2, 0.25) is 0 Å². The number of aromatic hydroxyl groups is 1. The highest BCUT2D eigenvalue weighted by atomic mass is 35.5. The molecule has 0 aliphatic carbocycles. The molecule has 0 amide bonds. The molecule has 1 unspecified atom stereocenters. The first-order valence-corrected chi connectivity index (χ1v) is 5.74. The summed E-state index contributed by atoms with van der Waals surface area (Å²) in [6.45, 7) is 5.13. The molecule has 0 spiro atoms. The van der Waals surface area contributed by atoms with Crippen LogP contribution in [0.25, 0.3) is 0 Å². The maximum Gasteiger partial charge on any atom is 0.342 e. The minimum Gasteiger partial charge on any atom is -0.508 e. The normalized spacial score (nSPS) is 13.3. The van der Waals surface area contributed by atoms with Gasteiger partial charge in [-0.15, -0.1) is 12.4 Å². The highest BCUT2D eigenvalue weighted by molar-refractivity contribution is 5.85. The maximum absolute atomic E-state index is 13.9. The van der Waals surface area contributed by atoms with Crippen molar-refractivity contribution < 1.29 is 19.0 Å². The number of carbonyl (C=O) groups excluding carboxylic acids is 1. The molecule has 1 aromatic carbocycles. The van der Waals surface area contributed by atoms with Crippen molar-refractivity contribution in [2.45, 2.75) is 33.0 Å². The summed E-state index contributed by atoms with van der Waals surface area (Å²) >= 11 is 0. The summed E-state index contributed by atoms with van der Waals surface area (Å²) in [5.74, 6) is -0.871. The summed E-state index contributed by atoms with van der Waals surface area (Å²) in [5, 5.41) is 9.41. The van der Waals surface area contributed by atoms with E-state index in [1.165, 1.54) is 12.1 Å². The monoisotopic (exact) mass is 291 g/mol. The average Bonchev–Trinajstić information content (AvgIpc) is 2.26. The molecule has 0 saturated carbocycles. The van der Waals surface area contributed by atoms with Gasteiger partial charge in [-0.1, -0.05) is 0 Å². The van der Waals surface area contributed by atoms with Gasteiger partial charge in [0.05, 0.1) is 12.6 Å². The number of hydrogen-bond acceptors (Lipinski definition) is 4. The molecular formula is C13H19ClFNO3. The van der Waals surface area contributed by atoms with Gasteiger partial charge in [0.2, 0.25) is 6.17 Å². The van der Waals surface area contributed by atoms with Gasteiger partial charge < -0.3 is 15.6 Å². The Morgan fingerprint density at radius 3 is 2.32 bits per heavy atom. The highest BCUT2D eigenvalue weighted by Gasteiger charge is 2.29. The van der Waals surface area contributed by atoms with E-state index in [0.29, 0.717) is 16.7 Å². The summed E-state index contributed by atoms with van der Waals surface area (Å²) in [7, 11) is 0. The minimum absolute atomic E-state index is 0. The first-order valence-electron chi connectivity index (χ1n) is 5.74. The van der Waals surface area contributed by atoms with E-state index in [1.807, 2.05) is 0 Å². The van der Waals surface area contributed by atoms with E-state index in [0.717, 1.165) is 0 Å². The molecule has 0 radical (unpaired) electrons.